The first-order chi connectivity index (χ1) is 9.81. The average molecular weight is 289 g/mol. The lowest BCUT2D eigenvalue weighted by Gasteiger charge is -2.18. The fourth-order valence-electron chi connectivity index (χ4n) is 2.00. The molecule has 0 saturated carbocycles. The molecule has 2 aromatic rings. The van der Waals surface area contributed by atoms with Crippen LogP contribution in [0.1, 0.15) is 18.2 Å². The predicted molar refractivity (Wildman–Crippen MR) is 82.6 cm³/mol. The summed E-state index contributed by atoms with van der Waals surface area (Å²) in [6.45, 7) is 0.469. The Balaban J connectivity index is 1.96. The van der Waals surface area contributed by atoms with Gasteiger partial charge < -0.3 is 9.88 Å². The van der Waals surface area contributed by atoms with E-state index < -0.39 is 0 Å². The lowest BCUT2D eigenvalue weighted by molar-refractivity contribution is -0.124. The number of nitrogens with zero attached hydrogens (tertiary/aromatic N) is 2. The van der Waals surface area contributed by atoms with Crippen molar-refractivity contribution in [2.75, 3.05) is 12.0 Å². The van der Waals surface area contributed by atoms with Crippen LogP contribution in [0, 0.1) is 0 Å². The second-order valence-corrected chi connectivity index (χ2v) is 5.45. The summed E-state index contributed by atoms with van der Waals surface area (Å²) in [5.74, 6) is 1.00. The van der Waals surface area contributed by atoms with E-state index in [1.54, 1.807) is 18.0 Å². The van der Waals surface area contributed by atoms with E-state index >= 15 is 0 Å². The Kier molecular flexibility index (Phi) is 5.68. The highest BCUT2D eigenvalue weighted by Gasteiger charge is 2.18. The number of aromatic nitrogens is 2. The lowest BCUT2D eigenvalue weighted by atomic mass is 10.2. The van der Waals surface area contributed by atoms with Crippen molar-refractivity contribution in [1.82, 2.24) is 14.9 Å². The van der Waals surface area contributed by atoms with Crippen molar-refractivity contribution in [1.29, 1.82) is 0 Å². The molecular weight excluding hydrogens is 270 g/mol. The Morgan fingerprint density at radius 3 is 2.80 bits per heavy atom. The third kappa shape index (κ3) is 4.13. The van der Waals surface area contributed by atoms with Crippen LogP contribution in [0.4, 0.5) is 0 Å². The quantitative estimate of drug-likeness (QED) is 0.852. The van der Waals surface area contributed by atoms with E-state index in [-0.39, 0.29) is 11.9 Å². The largest absolute Gasteiger partial charge is 0.349 e. The van der Waals surface area contributed by atoms with Crippen molar-refractivity contribution in [3.05, 3.63) is 54.6 Å². The van der Waals surface area contributed by atoms with E-state index in [2.05, 4.69) is 16.6 Å². The van der Waals surface area contributed by atoms with Gasteiger partial charge in [-0.15, -0.1) is 0 Å². The number of carbonyl (C=O) groups excluding carboxylic acids is 1. The molecule has 4 nitrogen and oxygen atoms in total. The molecule has 1 amide bonds. The summed E-state index contributed by atoms with van der Waals surface area (Å²) in [6, 6.07) is 9.43. The minimum Gasteiger partial charge on any atom is -0.349 e. The summed E-state index contributed by atoms with van der Waals surface area (Å²) in [5, 5.41) is 2.96. The highest BCUT2D eigenvalue weighted by molar-refractivity contribution is 7.98. The van der Waals surface area contributed by atoms with Gasteiger partial charge in [0.1, 0.15) is 6.04 Å². The topological polar surface area (TPSA) is 46.9 Å². The zero-order valence-corrected chi connectivity index (χ0v) is 12.3. The van der Waals surface area contributed by atoms with Crippen LogP contribution in [0.5, 0.6) is 0 Å². The first-order valence-corrected chi connectivity index (χ1v) is 7.99. The number of rotatable bonds is 7. The molecule has 106 valence electrons. The summed E-state index contributed by atoms with van der Waals surface area (Å²) in [5.41, 5.74) is 0.872. The van der Waals surface area contributed by atoms with Crippen LogP contribution in [0.2, 0.25) is 0 Å². The van der Waals surface area contributed by atoms with Crippen LogP contribution in [-0.2, 0) is 11.3 Å². The van der Waals surface area contributed by atoms with Gasteiger partial charge in [0.25, 0.3) is 0 Å². The highest BCUT2D eigenvalue weighted by atomic mass is 32.2. The minimum absolute atomic E-state index is 0.0425. The molecule has 0 aliphatic rings. The number of hydrogen-bond donors (Lipinski definition) is 1. The number of thioether (sulfide) groups is 1. The maximum Gasteiger partial charge on any atom is 0.243 e. The molecule has 0 aromatic carbocycles. The van der Waals surface area contributed by atoms with Gasteiger partial charge in [-0.2, -0.15) is 11.8 Å². The highest BCUT2D eigenvalue weighted by Crippen LogP contribution is 2.15. The average Bonchev–Trinajstić information content (AvgIpc) is 3.01. The summed E-state index contributed by atoms with van der Waals surface area (Å²) in [4.78, 5) is 16.6. The molecule has 0 aliphatic carbocycles. The first-order valence-electron chi connectivity index (χ1n) is 6.60. The van der Waals surface area contributed by atoms with Crippen molar-refractivity contribution < 1.29 is 4.79 Å². The molecule has 0 radical (unpaired) electrons. The smallest absolute Gasteiger partial charge is 0.243 e. The minimum atomic E-state index is -0.152. The first kappa shape index (κ1) is 14.7. The molecule has 0 saturated heterocycles. The molecule has 1 N–H and O–H groups in total. The maximum atomic E-state index is 12.4. The number of nitrogens with one attached hydrogen (secondary N) is 1. The van der Waals surface area contributed by atoms with Crippen molar-refractivity contribution in [3.63, 3.8) is 0 Å². The Morgan fingerprint density at radius 1 is 1.35 bits per heavy atom. The normalized spacial score (nSPS) is 12.1. The molecule has 0 bridgehead atoms. The summed E-state index contributed by atoms with van der Waals surface area (Å²) >= 11 is 1.75. The van der Waals surface area contributed by atoms with Gasteiger partial charge in [-0.25, -0.2) is 0 Å². The van der Waals surface area contributed by atoms with Crippen LogP contribution < -0.4 is 5.32 Å². The zero-order chi connectivity index (χ0) is 14.2. The van der Waals surface area contributed by atoms with Gasteiger partial charge in [-0.1, -0.05) is 6.07 Å². The van der Waals surface area contributed by atoms with E-state index in [9.17, 15) is 4.79 Å². The molecule has 0 fully saturated rings. The van der Waals surface area contributed by atoms with E-state index in [4.69, 9.17) is 0 Å². The standard InChI is InChI=1S/C15H19N3OS/c1-20-11-7-14(18-9-4-5-10-18)15(19)17-12-13-6-2-3-8-16-13/h2-6,8-10,14H,7,11-12H2,1H3,(H,17,19). The molecule has 0 aliphatic heterocycles. The van der Waals surface area contributed by atoms with Crippen LogP contribution in [0.15, 0.2) is 48.9 Å². The molecule has 2 aromatic heterocycles. The second kappa shape index (κ2) is 7.75. The second-order valence-electron chi connectivity index (χ2n) is 4.47. The van der Waals surface area contributed by atoms with Gasteiger partial charge in [-0.05, 0) is 42.7 Å². The fourth-order valence-corrected chi connectivity index (χ4v) is 2.46. The number of hydrogen-bond acceptors (Lipinski definition) is 3. The van der Waals surface area contributed by atoms with Crippen LogP contribution >= 0.6 is 11.8 Å². The molecule has 0 spiro atoms. The molecule has 1 unspecified atom stereocenters. The van der Waals surface area contributed by atoms with Gasteiger partial charge in [-0.3, -0.25) is 9.78 Å². The van der Waals surface area contributed by atoms with E-state index in [1.807, 2.05) is 47.3 Å². The lowest BCUT2D eigenvalue weighted by Crippen LogP contribution is -2.32. The van der Waals surface area contributed by atoms with Crippen molar-refractivity contribution >= 4 is 17.7 Å². The molecule has 20 heavy (non-hydrogen) atoms. The Morgan fingerprint density at radius 2 is 2.15 bits per heavy atom. The molecule has 2 heterocycles. The molecule has 1 atom stereocenters. The monoisotopic (exact) mass is 289 g/mol. The number of carbonyl (C=O) groups is 1. The van der Waals surface area contributed by atoms with Crippen LogP contribution in [0.25, 0.3) is 0 Å². The van der Waals surface area contributed by atoms with E-state index in [0.29, 0.717) is 6.54 Å². The van der Waals surface area contributed by atoms with E-state index in [0.717, 1.165) is 17.9 Å². The number of pyridine rings is 1. The van der Waals surface area contributed by atoms with Gasteiger partial charge in [0.15, 0.2) is 0 Å². The maximum absolute atomic E-state index is 12.4. The van der Waals surface area contributed by atoms with Gasteiger partial charge in [0.05, 0.1) is 12.2 Å². The zero-order valence-electron chi connectivity index (χ0n) is 11.5. The molecule has 2 rings (SSSR count). The SMILES string of the molecule is CSCCC(C(=O)NCc1ccccn1)n1cccc1. The third-order valence-corrected chi connectivity index (χ3v) is 3.70. The van der Waals surface area contributed by atoms with Gasteiger partial charge in [0.2, 0.25) is 5.91 Å². The van der Waals surface area contributed by atoms with Crippen molar-refractivity contribution in [2.24, 2.45) is 0 Å². The Hall–Kier alpha value is -1.75. The summed E-state index contributed by atoms with van der Waals surface area (Å²) in [6.07, 6.45) is 8.48. The van der Waals surface area contributed by atoms with Crippen LogP contribution in [0.3, 0.4) is 0 Å². The van der Waals surface area contributed by atoms with Crippen LogP contribution in [-0.4, -0.2) is 27.5 Å². The Bertz CT molecular complexity index is 513. The molecule has 5 heteroatoms. The summed E-state index contributed by atoms with van der Waals surface area (Å²) < 4.78 is 1.96. The van der Waals surface area contributed by atoms with Gasteiger partial charge in [0, 0.05) is 18.6 Å². The van der Waals surface area contributed by atoms with Crippen molar-refractivity contribution in [2.45, 2.75) is 19.0 Å². The Labute approximate surface area is 123 Å². The van der Waals surface area contributed by atoms with Crippen molar-refractivity contribution in [3.8, 4) is 0 Å². The van der Waals surface area contributed by atoms with Gasteiger partial charge >= 0.3 is 0 Å². The number of amides is 1. The predicted octanol–water partition coefficient (Wildman–Crippen LogP) is 2.49. The summed E-state index contributed by atoms with van der Waals surface area (Å²) in [7, 11) is 0. The molecular formula is C15H19N3OS. The van der Waals surface area contributed by atoms with E-state index in [1.165, 1.54) is 0 Å². The third-order valence-electron chi connectivity index (χ3n) is 3.06. The fraction of sp³-hybridized carbons (Fsp3) is 0.333.